The van der Waals surface area contributed by atoms with Gasteiger partial charge in [-0.05, 0) is 39.8 Å². The van der Waals surface area contributed by atoms with Crippen LogP contribution in [0.2, 0.25) is 0 Å². The van der Waals surface area contributed by atoms with E-state index in [0.717, 1.165) is 62.4 Å². The molecule has 1 fully saturated rings. The predicted octanol–water partition coefficient (Wildman–Crippen LogP) is 2.84. The zero-order chi connectivity index (χ0) is 20.6. The van der Waals surface area contributed by atoms with Crippen LogP contribution in [0, 0.1) is 13.8 Å². The Morgan fingerprint density at radius 2 is 1.93 bits per heavy atom. The van der Waals surface area contributed by atoms with E-state index in [4.69, 9.17) is 14.3 Å². The SMILES string of the molecule is CCNC(=NCC(C)Oc1ccc(C)cc1)N1CCN(Cc2cc(C)on2)CC1. The zero-order valence-electron chi connectivity index (χ0n) is 18.0. The lowest BCUT2D eigenvalue weighted by Crippen LogP contribution is -2.52. The Morgan fingerprint density at radius 1 is 1.21 bits per heavy atom. The zero-order valence-corrected chi connectivity index (χ0v) is 18.0. The normalized spacial score (nSPS) is 16.7. The Morgan fingerprint density at radius 3 is 2.55 bits per heavy atom. The summed E-state index contributed by atoms with van der Waals surface area (Å²) in [6.07, 6.45) is 0.0167. The third kappa shape index (κ3) is 6.49. The standard InChI is InChI=1S/C22H33N5O2/c1-5-23-22(24-15-19(4)28-21-8-6-17(2)7-9-21)27-12-10-26(11-13-27)16-20-14-18(3)29-25-20/h6-9,14,19H,5,10-13,15-16H2,1-4H3,(H,23,24). The average molecular weight is 400 g/mol. The Balaban J connectivity index is 1.50. The summed E-state index contributed by atoms with van der Waals surface area (Å²) in [5.41, 5.74) is 2.23. The number of aliphatic imine (C=N–C) groups is 1. The number of aryl methyl sites for hydroxylation is 2. The number of hydrogen-bond donors (Lipinski definition) is 1. The van der Waals surface area contributed by atoms with E-state index in [1.54, 1.807) is 0 Å². The van der Waals surface area contributed by atoms with Crippen molar-refractivity contribution < 1.29 is 9.26 Å². The molecule has 2 aromatic rings. The highest BCUT2D eigenvalue weighted by Gasteiger charge is 2.20. The van der Waals surface area contributed by atoms with E-state index in [-0.39, 0.29) is 6.10 Å². The van der Waals surface area contributed by atoms with Crippen molar-refractivity contribution >= 4 is 5.96 Å². The van der Waals surface area contributed by atoms with E-state index in [2.05, 4.69) is 53.2 Å². The molecule has 7 heteroatoms. The number of nitrogens with one attached hydrogen (secondary N) is 1. The highest BCUT2D eigenvalue weighted by molar-refractivity contribution is 5.80. The Kier molecular flexibility index (Phi) is 7.52. The summed E-state index contributed by atoms with van der Waals surface area (Å²) in [6, 6.07) is 10.2. The summed E-state index contributed by atoms with van der Waals surface area (Å²) in [4.78, 5) is 9.55. The van der Waals surface area contributed by atoms with Crippen LogP contribution >= 0.6 is 0 Å². The summed E-state index contributed by atoms with van der Waals surface area (Å²) in [7, 11) is 0. The molecule has 1 aromatic heterocycles. The largest absolute Gasteiger partial charge is 0.489 e. The molecule has 7 nitrogen and oxygen atoms in total. The molecule has 1 aromatic carbocycles. The lowest BCUT2D eigenvalue weighted by Gasteiger charge is -2.36. The first-order valence-corrected chi connectivity index (χ1v) is 10.4. The molecule has 0 aliphatic carbocycles. The van der Waals surface area contributed by atoms with Crippen LogP contribution in [0.1, 0.15) is 30.9 Å². The van der Waals surface area contributed by atoms with Crippen LogP contribution in [0.15, 0.2) is 39.8 Å². The molecular weight excluding hydrogens is 366 g/mol. The summed E-state index contributed by atoms with van der Waals surface area (Å²) in [6.45, 7) is 14.3. The Labute approximate surface area is 173 Å². The van der Waals surface area contributed by atoms with Crippen LogP contribution in [-0.4, -0.2) is 66.3 Å². The topological polar surface area (TPSA) is 66.1 Å². The highest BCUT2D eigenvalue weighted by atomic mass is 16.5. The van der Waals surface area contributed by atoms with Crippen molar-refractivity contribution in [2.75, 3.05) is 39.3 Å². The minimum Gasteiger partial charge on any atom is -0.489 e. The van der Waals surface area contributed by atoms with Crippen molar-refractivity contribution in [3.63, 3.8) is 0 Å². The molecule has 0 radical (unpaired) electrons. The van der Waals surface area contributed by atoms with Crippen molar-refractivity contribution in [1.82, 2.24) is 20.3 Å². The molecule has 158 valence electrons. The van der Waals surface area contributed by atoms with Crippen LogP contribution in [0.4, 0.5) is 0 Å². The molecule has 1 atom stereocenters. The van der Waals surface area contributed by atoms with Gasteiger partial charge >= 0.3 is 0 Å². The minimum atomic E-state index is 0.0167. The number of nitrogens with zero attached hydrogens (tertiary/aromatic N) is 4. The molecule has 1 aliphatic rings. The van der Waals surface area contributed by atoms with Gasteiger partial charge in [0.15, 0.2) is 5.96 Å². The van der Waals surface area contributed by atoms with Crippen molar-refractivity contribution in [2.24, 2.45) is 4.99 Å². The van der Waals surface area contributed by atoms with Gasteiger partial charge < -0.3 is 19.5 Å². The number of ether oxygens (including phenoxy) is 1. The minimum absolute atomic E-state index is 0.0167. The van der Waals surface area contributed by atoms with Crippen LogP contribution in [0.25, 0.3) is 0 Å². The van der Waals surface area contributed by atoms with Gasteiger partial charge in [-0.15, -0.1) is 0 Å². The first-order valence-electron chi connectivity index (χ1n) is 10.4. The summed E-state index contributed by atoms with van der Waals surface area (Å²) in [5.74, 6) is 2.71. The fraction of sp³-hybridized carbons (Fsp3) is 0.545. The molecular formula is C22H33N5O2. The third-order valence-electron chi connectivity index (χ3n) is 4.93. The van der Waals surface area contributed by atoms with E-state index in [0.29, 0.717) is 6.54 Å². The first-order chi connectivity index (χ1) is 14.0. The number of aromatic nitrogens is 1. The van der Waals surface area contributed by atoms with E-state index in [1.165, 1.54) is 5.56 Å². The quantitative estimate of drug-likeness (QED) is 0.570. The Bertz CT molecular complexity index is 779. The number of piperazine rings is 1. The van der Waals surface area contributed by atoms with Gasteiger partial charge in [0.1, 0.15) is 17.6 Å². The summed E-state index contributed by atoms with van der Waals surface area (Å²) >= 11 is 0. The van der Waals surface area contributed by atoms with Crippen molar-refractivity contribution in [2.45, 2.75) is 40.3 Å². The van der Waals surface area contributed by atoms with Gasteiger partial charge in [0.05, 0.1) is 12.2 Å². The molecule has 29 heavy (non-hydrogen) atoms. The lowest BCUT2D eigenvalue weighted by molar-refractivity contribution is 0.168. The second-order valence-corrected chi connectivity index (χ2v) is 7.63. The molecule has 2 heterocycles. The fourth-order valence-electron chi connectivity index (χ4n) is 3.37. The smallest absolute Gasteiger partial charge is 0.194 e. The van der Waals surface area contributed by atoms with Crippen LogP contribution in [0.3, 0.4) is 0 Å². The van der Waals surface area contributed by atoms with Crippen molar-refractivity contribution in [3.05, 3.63) is 47.3 Å². The number of benzene rings is 1. The summed E-state index contributed by atoms with van der Waals surface area (Å²) in [5, 5.41) is 7.52. The highest BCUT2D eigenvalue weighted by Crippen LogP contribution is 2.14. The Hall–Kier alpha value is -2.54. The van der Waals surface area contributed by atoms with Gasteiger partial charge in [-0.1, -0.05) is 22.9 Å². The maximum absolute atomic E-state index is 5.99. The molecule has 0 spiro atoms. The third-order valence-corrected chi connectivity index (χ3v) is 4.93. The average Bonchev–Trinajstić information content (AvgIpc) is 3.12. The first kappa shape index (κ1) is 21.2. The molecule has 0 saturated carbocycles. The van der Waals surface area contributed by atoms with Crippen molar-refractivity contribution in [1.29, 1.82) is 0 Å². The number of rotatable bonds is 7. The van der Waals surface area contributed by atoms with E-state index in [9.17, 15) is 0 Å². The summed E-state index contributed by atoms with van der Waals surface area (Å²) < 4.78 is 11.2. The second-order valence-electron chi connectivity index (χ2n) is 7.63. The fourth-order valence-corrected chi connectivity index (χ4v) is 3.37. The van der Waals surface area contributed by atoms with E-state index >= 15 is 0 Å². The maximum Gasteiger partial charge on any atom is 0.194 e. The van der Waals surface area contributed by atoms with Gasteiger partial charge in [0.25, 0.3) is 0 Å². The molecule has 0 amide bonds. The van der Waals surface area contributed by atoms with Gasteiger partial charge in [-0.25, -0.2) is 4.99 Å². The molecule has 1 N–H and O–H groups in total. The number of hydrogen-bond acceptors (Lipinski definition) is 5. The van der Waals surface area contributed by atoms with Gasteiger partial charge in [-0.3, -0.25) is 4.90 Å². The molecule has 3 rings (SSSR count). The van der Waals surface area contributed by atoms with Crippen LogP contribution in [0.5, 0.6) is 5.75 Å². The predicted molar refractivity (Wildman–Crippen MR) is 115 cm³/mol. The lowest BCUT2D eigenvalue weighted by atomic mass is 10.2. The second kappa shape index (κ2) is 10.3. The monoisotopic (exact) mass is 399 g/mol. The van der Waals surface area contributed by atoms with Gasteiger partial charge in [0.2, 0.25) is 0 Å². The maximum atomic E-state index is 5.99. The van der Waals surface area contributed by atoms with Crippen LogP contribution in [-0.2, 0) is 6.54 Å². The van der Waals surface area contributed by atoms with Gasteiger partial charge in [-0.2, -0.15) is 0 Å². The van der Waals surface area contributed by atoms with Gasteiger partial charge in [0, 0.05) is 45.3 Å². The molecule has 1 saturated heterocycles. The van der Waals surface area contributed by atoms with Crippen molar-refractivity contribution in [3.8, 4) is 5.75 Å². The number of guanidine groups is 1. The molecule has 0 bridgehead atoms. The van der Waals surface area contributed by atoms with E-state index < -0.39 is 0 Å². The van der Waals surface area contributed by atoms with E-state index in [1.807, 2.05) is 25.1 Å². The molecule has 1 aliphatic heterocycles. The van der Waals surface area contributed by atoms with Crippen LogP contribution < -0.4 is 10.1 Å². The molecule has 1 unspecified atom stereocenters.